The van der Waals surface area contributed by atoms with Crippen molar-refractivity contribution in [1.82, 2.24) is 0 Å². The molecule has 1 heterocycles. The number of hydrogen-bond acceptors (Lipinski definition) is 5. The molecule has 1 aliphatic heterocycles. The van der Waals surface area contributed by atoms with E-state index < -0.39 is 7.60 Å². The Morgan fingerprint density at radius 3 is 2.47 bits per heavy atom. The molecule has 6 rings (SSSR count). The Labute approximate surface area is 214 Å². The molecule has 0 aromatic heterocycles. The number of rotatable bonds is 4. The average molecular weight is 509 g/mol. The number of ether oxygens (including phenoxy) is 1. The van der Waals surface area contributed by atoms with Crippen molar-refractivity contribution in [2.75, 3.05) is 20.8 Å². The highest BCUT2D eigenvalue weighted by atomic mass is 31.2. The van der Waals surface area contributed by atoms with Crippen LogP contribution in [0.1, 0.15) is 69.8 Å². The van der Waals surface area contributed by atoms with Gasteiger partial charge in [-0.05, 0) is 97.3 Å². The topological polar surface area (TPSA) is 61.8 Å². The summed E-state index contributed by atoms with van der Waals surface area (Å²) in [5.41, 5.74) is 6.55. The largest absolute Gasteiger partial charge is 0.370 e. The summed E-state index contributed by atoms with van der Waals surface area (Å²) in [6.45, 7) is 7.75. The minimum absolute atomic E-state index is 0.0126. The molecule has 5 nitrogen and oxygen atoms in total. The fourth-order valence-corrected chi connectivity index (χ4v) is 9.68. The van der Waals surface area contributed by atoms with Crippen molar-refractivity contribution < 1.29 is 23.1 Å². The smallest absolute Gasteiger partial charge is 0.360 e. The maximum absolute atomic E-state index is 13.0. The number of benzene rings is 1. The molecule has 6 heteroatoms. The van der Waals surface area contributed by atoms with Crippen LogP contribution < -0.4 is 5.30 Å². The highest BCUT2D eigenvalue weighted by Crippen LogP contribution is 2.70. The zero-order valence-electron chi connectivity index (χ0n) is 21.7. The molecule has 36 heavy (non-hydrogen) atoms. The van der Waals surface area contributed by atoms with E-state index in [1.54, 1.807) is 5.57 Å². The van der Waals surface area contributed by atoms with E-state index in [0.29, 0.717) is 23.6 Å². The van der Waals surface area contributed by atoms with E-state index >= 15 is 0 Å². The van der Waals surface area contributed by atoms with Crippen LogP contribution in [0, 0.1) is 17.3 Å². The van der Waals surface area contributed by atoms with Crippen LogP contribution in [0.4, 0.5) is 0 Å². The van der Waals surface area contributed by atoms with Gasteiger partial charge in [-0.2, -0.15) is 0 Å². The standard InChI is InChI=1S/C30H37O5P/c1-19-14-16-35-30(19)15-13-27-25-11-7-21-17-22(31)8-12-24(21)28(25)26(18-29(27,30)2)20-5-9-23(10-6-20)36(32,33-3)34-4/h5-6,9-10,17,25-27H,1,7-8,11-16,18H2,2-4H3/t25-,26+,27-,29-,30+/m0/s1. The van der Waals surface area contributed by atoms with Gasteiger partial charge in [0.15, 0.2) is 5.78 Å². The fourth-order valence-electron chi connectivity index (χ4n) is 8.59. The Hall–Kier alpha value is -1.78. The minimum Gasteiger partial charge on any atom is -0.370 e. The number of carbonyl (C=O) groups is 1. The Bertz CT molecular complexity index is 1220. The molecular formula is C30H37O5P. The lowest BCUT2D eigenvalue weighted by atomic mass is 9.50. The van der Waals surface area contributed by atoms with Crippen LogP contribution in [0.2, 0.25) is 0 Å². The van der Waals surface area contributed by atoms with Gasteiger partial charge in [0.05, 0.1) is 17.5 Å². The maximum Gasteiger partial charge on any atom is 0.360 e. The summed E-state index contributed by atoms with van der Waals surface area (Å²) in [4.78, 5) is 12.3. The molecule has 1 saturated heterocycles. The maximum atomic E-state index is 13.0. The lowest BCUT2D eigenvalue weighted by molar-refractivity contribution is -0.114. The quantitative estimate of drug-likeness (QED) is 0.347. The molecule has 1 aromatic carbocycles. The fraction of sp³-hybridized carbons (Fsp3) is 0.567. The first-order valence-corrected chi connectivity index (χ1v) is 14.9. The van der Waals surface area contributed by atoms with Crippen molar-refractivity contribution in [1.29, 1.82) is 0 Å². The lowest BCUT2D eigenvalue weighted by Crippen LogP contribution is -2.52. The molecule has 1 aromatic rings. The van der Waals surface area contributed by atoms with Gasteiger partial charge in [-0.1, -0.05) is 31.2 Å². The molecule has 0 radical (unpaired) electrons. The highest BCUT2D eigenvalue weighted by molar-refractivity contribution is 7.62. The lowest BCUT2D eigenvalue weighted by Gasteiger charge is -2.55. The van der Waals surface area contributed by atoms with Crippen LogP contribution in [0.15, 0.2) is 59.2 Å². The molecule has 4 aliphatic carbocycles. The summed E-state index contributed by atoms with van der Waals surface area (Å²) in [6.07, 6.45) is 9.65. The van der Waals surface area contributed by atoms with Crippen LogP contribution in [-0.2, 0) is 23.1 Å². The van der Waals surface area contributed by atoms with Crippen molar-refractivity contribution in [3.63, 3.8) is 0 Å². The molecule has 5 aliphatic rings. The van der Waals surface area contributed by atoms with Gasteiger partial charge in [0.1, 0.15) is 0 Å². The molecule has 2 saturated carbocycles. The Balaban J connectivity index is 1.49. The van der Waals surface area contributed by atoms with E-state index in [4.69, 9.17) is 13.8 Å². The van der Waals surface area contributed by atoms with Crippen molar-refractivity contribution in [2.24, 2.45) is 17.3 Å². The van der Waals surface area contributed by atoms with Gasteiger partial charge in [0.25, 0.3) is 0 Å². The van der Waals surface area contributed by atoms with Crippen molar-refractivity contribution in [3.8, 4) is 0 Å². The summed E-state index contributed by atoms with van der Waals surface area (Å²) >= 11 is 0. The van der Waals surface area contributed by atoms with Crippen LogP contribution in [0.3, 0.4) is 0 Å². The zero-order valence-corrected chi connectivity index (χ0v) is 22.6. The van der Waals surface area contributed by atoms with Crippen LogP contribution >= 0.6 is 7.60 Å². The summed E-state index contributed by atoms with van der Waals surface area (Å²) in [6, 6.07) is 8.02. The van der Waals surface area contributed by atoms with Gasteiger partial charge in [0, 0.05) is 32.0 Å². The summed E-state index contributed by atoms with van der Waals surface area (Å²) in [5, 5.41) is 0.572. The first-order chi connectivity index (χ1) is 17.3. The SMILES string of the molecule is C=C1CCO[C@]12CC[C@H]1[C@@H]3CCC4=CC(=O)CCC4=C3[C@@H](c3ccc(P(=O)(OC)OC)cc3)C[C@@]12C. The molecule has 0 N–H and O–H groups in total. The van der Waals surface area contributed by atoms with E-state index in [1.165, 1.54) is 42.9 Å². The Morgan fingerprint density at radius 2 is 1.81 bits per heavy atom. The number of allylic oxidation sites excluding steroid dienone is 4. The third-order valence-corrected chi connectivity index (χ3v) is 12.2. The molecular weight excluding hydrogens is 471 g/mol. The van der Waals surface area contributed by atoms with Gasteiger partial charge in [0.2, 0.25) is 0 Å². The van der Waals surface area contributed by atoms with Gasteiger partial charge in [-0.15, -0.1) is 0 Å². The monoisotopic (exact) mass is 508 g/mol. The number of carbonyl (C=O) groups excluding carboxylic acids is 1. The van der Waals surface area contributed by atoms with E-state index in [-0.39, 0.29) is 22.7 Å². The molecule has 0 bridgehead atoms. The van der Waals surface area contributed by atoms with E-state index in [9.17, 15) is 9.36 Å². The summed E-state index contributed by atoms with van der Waals surface area (Å²) in [5.74, 6) is 1.55. The van der Waals surface area contributed by atoms with Crippen LogP contribution in [0.25, 0.3) is 0 Å². The van der Waals surface area contributed by atoms with E-state index in [0.717, 1.165) is 45.1 Å². The predicted octanol–water partition coefficient (Wildman–Crippen LogP) is 6.41. The molecule has 0 unspecified atom stereocenters. The second kappa shape index (κ2) is 8.63. The molecule has 3 fully saturated rings. The number of ketones is 1. The molecule has 1 spiro atoms. The number of hydrogen-bond donors (Lipinski definition) is 0. The Kier molecular flexibility index (Phi) is 5.88. The first-order valence-electron chi connectivity index (χ1n) is 13.4. The number of fused-ring (bicyclic) bond motifs is 5. The third kappa shape index (κ3) is 3.32. The first kappa shape index (κ1) is 24.6. The summed E-state index contributed by atoms with van der Waals surface area (Å²) in [7, 11) is -0.460. The molecule has 0 amide bonds. The van der Waals surface area contributed by atoms with Crippen LogP contribution in [-0.4, -0.2) is 32.2 Å². The van der Waals surface area contributed by atoms with E-state index in [1.807, 2.05) is 18.2 Å². The second-order valence-electron chi connectivity index (χ2n) is 11.5. The predicted molar refractivity (Wildman–Crippen MR) is 140 cm³/mol. The van der Waals surface area contributed by atoms with Crippen molar-refractivity contribution in [3.05, 3.63) is 64.8 Å². The highest BCUT2D eigenvalue weighted by Gasteiger charge is 2.65. The zero-order chi connectivity index (χ0) is 25.3. The third-order valence-electron chi connectivity index (χ3n) is 10.3. The minimum atomic E-state index is -3.30. The normalized spacial score (nSPS) is 36.1. The second-order valence-corrected chi connectivity index (χ2v) is 13.8. The molecule has 5 atom stereocenters. The van der Waals surface area contributed by atoms with Crippen LogP contribution in [0.5, 0.6) is 0 Å². The van der Waals surface area contributed by atoms with Gasteiger partial charge in [-0.3, -0.25) is 9.36 Å². The summed E-state index contributed by atoms with van der Waals surface area (Å²) < 4.78 is 30.1. The van der Waals surface area contributed by atoms with Gasteiger partial charge >= 0.3 is 7.60 Å². The Morgan fingerprint density at radius 1 is 1.06 bits per heavy atom. The van der Waals surface area contributed by atoms with Crippen molar-refractivity contribution >= 4 is 18.7 Å². The average Bonchev–Trinajstić information content (AvgIpc) is 3.42. The van der Waals surface area contributed by atoms with Crippen molar-refractivity contribution in [2.45, 2.75) is 69.8 Å². The van der Waals surface area contributed by atoms with Gasteiger partial charge < -0.3 is 13.8 Å². The van der Waals surface area contributed by atoms with Gasteiger partial charge in [-0.25, -0.2) is 0 Å². The molecule has 192 valence electrons. The van der Waals surface area contributed by atoms with E-state index in [2.05, 4.69) is 25.6 Å².